The van der Waals surface area contributed by atoms with Crippen LogP contribution in [0.3, 0.4) is 0 Å². The van der Waals surface area contributed by atoms with E-state index in [9.17, 15) is 9.59 Å². The monoisotopic (exact) mass is 341 g/mol. The van der Waals surface area contributed by atoms with Gasteiger partial charge in [-0.2, -0.15) is 5.10 Å². The zero-order chi connectivity index (χ0) is 18.0. The van der Waals surface area contributed by atoms with E-state index in [1.807, 2.05) is 25.1 Å². The number of aryl methyl sites for hydroxylation is 1. The number of amides is 1. The molecular weight excluding hydrogens is 314 g/mol. The smallest absolute Gasteiger partial charge is 0.247 e. The van der Waals surface area contributed by atoms with Crippen LogP contribution in [-0.4, -0.2) is 27.6 Å². The van der Waals surface area contributed by atoms with Gasteiger partial charge in [0.2, 0.25) is 11.8 Å². The Bertz CT molecular complexity index is 780. The van der Waals surface area contributed by atoms with Crippen LogP contribution in [0.2, 0.25) is 0 Å². The lowest BCUT2D eigenvalue weighted by molar-refractivity contribution is -0.122. The van der Waals surface area contributed by atoms with Crippen LogP contribution in [0.25, 0.3) is 10.9 Å². The first kappa shape index (κ1) is 17.6. The van der Waals surface area contributed by atoms with Crippen LogP contribution in [0, 0.1) is 18.8 Å². The Morgan fingerprint density at radius 1 is 1.24 bits per heavy atom. The van der Waals surface area contributed by atoms with Crippen LogP contribution < -0.4 is 5.32 Å². The third-order valence-corrected chi connectivity index (χ3v) is 5.58. The maximum absolute atomic E-state index is 12.4. The van der Waals surface area contributed by atoms with E-state index < -0.39 is 0 Å². The van der Waals surface area contributed by atoms with Crippen molar-refractivity contribution in [3.63, 3.8) is 0 Å². The van der Waals surface area contributed by atoms with Crippen molar-refractivity contribution in [2.45, 2.75) is 58.9 Å². The van der Waals surface area contributed by atoms with Gasteiger partial charge in [-0.15, -0.1) is 0 Å². The van der Waals surface area contributed by atoms with Gasteiger partial charge in [-0.25, -0.2) is 4.68 Å². The molecule has 134 valence electrons. The predicted molar refractivity (Wildman–Crippen MR) is 98.4 cm³/mol. The van der Waals surface area contributed by atoms with Crippen molar-refractivity contribution in [3.8, 4) is 0 Å². The van der Waals surface area contributed by atoms with Crippen LogP contribution in [0.15, 0.2) is 24.4 Å². The lowest BCUT2D eigenvalue weighted by Gasteiger charge is -2.34. The third kappa shape index (κ3) is 3.91. The Balaban J connectivity index is 1.57. The Labute approximate surface area is 148 Å². The molecule has 2 aromatic rings. The van der Waals surface area contributed by atoms with Crippen molar-refractivity contribution in [2.75, 3.05) is 0 Å². The van der Waals surface area contributed by atoms with Crippen LogP contribution >= 0.6 is 0 Å². The second kappa shape index (κ2) is 7.38. The Morgan fingerprint density at radius 3 is 2.84 bits per heavy atom. The highest BCUT2D eigenvalue weighted by atomic mass is 16.2. The van der Waals surface area contributed by atoms with Crippen LogP contribution in [0.1, 0.15) is 56.3 Å². The Hall–Kier alpha value is -2.17. The summed E-state index contributed by atoms with van der Waals surface area (Å²) in [6.45, 7) is 6.46. The zero-order valence-electron chi connectivity index (χ0n) is 15.3. The summed E-state index contributed by atoms with van der Waals surface area (Å²) in [7, 11) is 0. The molecule has 1 aromatic heterocycles. The minimum absolute atomic E-state index is 0.0355. The van der Waals surface area contributed by atoms with Crippen molar-refractivity contribution in [1.82, 2.24) is 15.1 Å². The van der Waals surface area contributed by atoms with E-state index in [2.05, 4.69) is 24.3 Å². The van der Waals surface area contributed by atoms with E-state index >= 15 is 0 Å². The molecule has 1 amide bonds. The summed E-state index contributed by atoms with van der Waals surface area (Å²) in [6.07, 6.45) is 5.52. The van der Waals surface area contributed by atoms with Crippen molar-refractivity contribution in [3.05, 3.63) is 30.0 Å². The number of hydrogen-bond donors (Lipinski definition) is 1. The molecule has 1 heterocycles. The summed E-state index contributed by atoms with van der Waals surface area (Å²) in [6, 6.07) is 6.11. The molecule has 1 saturated carbocycles. The van der Waals surface area contributed by atoms with E-state index in [1.54, 1.807) is 6.20 Å². The highest BCUT2D eigenvalue weighted by Gasteiger charge is 2.28. The summed E-state index contributed by atoms with van der Waals surface area (Å²) >= 11 is 0. The topological polar surface area (TPSA) is 64.0 Å². The molecule has 0 radical (unpaired) electrons. The minimum atomic E-state index is -0.140. The molecule has 0 unspecified atom stereocenters. The van der Waals surface area contributed by atoms with Gasteiger partial charge in [0.05, 0.1) is 11.7 Å². The molecule has 0 saturated heterocycles. The van der Waals surface area contributed by atoms with Crippen LogP contribution in [0.4, 0.5) is 0 Å². The quantitative estimate of drug-likeness (QED) is 0.922. The molecular formula is C20H27N3O2. The summed E-state index contributed by atoms with van der Waals surface area (Å²) < 4.78 is 1.41. The molecule has 3 rings (SSSR count). The SMILES string of the molecule is Cc1ccc2c(cnn2C(=O)CCC(=O)N[C@@H]2CCC[C@@H](C)[C@H]2C)c1. The lowest BCUT2D eigenvalue weighted by Crippen LogP contribution is -2.43. The largest absolute Gasteiger partial charge is 0.353 e. The molecule has 1 aliphatic rings. The van der Waals surface area contributed by atoms with Gasteiger partial charge in [-0.1, -0.05) is 38.3 Å². The number of rotatable bonds is 4. The lowest BCUT2D eigenvalue weighted by atomic mass is 9.78. The average molecular weight is 341 g/mol. The van der Waals surface area contributed by atoms with E-state index in [0.29, 0.717) is 11.8 Å². The fourth-order valence-corrected chi connectivity index (χ4v) is 3.74. The number of hydrogen-bond acceptors (Lipinski definition) is 3. The number of carbonyl (C=O) groups is 2. The maximum atomic E-state index is 12.4. The zero-order valence-corrected chi connectivity index (χ0v) is 15.3. The minimum Gasteiger partial charge on any atom is -0.353 e. The third-order valence-electron chi connectivity index (χ3n) is 5.58. The molecule has 1 fully saturated rings. The summed E-state index contributed by atoms with van der Waals surface area (Å²) in [5, 5.41) is 8.26. The Kier molecular flexibility index (Phi) is 5.21. The van der Waals surface area contributed by atoms with Gasteiger partial charge in [-0.3, -0.25) is 9.59 Å². The highest BCUT2D eigenvalue weighted by molar-refractivity contribution is 5.92. The molecule has 3 atom stereocenters. The van der Waals surface area contributed by atoms with Gasteiger partial charge < -0.3 is 5.32 Å². The number of nitrogens with one attached hydrogen (secondary N) is 1. The maximum Gasteiger partial charge on any atom is 0.247 e. The fourth-order valence-electron chi connectivity index (χ4n) is 3.74. The van der Waals surface area contributed by atoms with E-state index in [1.165, 1.54) is 11.1 Å². The molecule has 5 heteroatoms. The van der Waals surface area contributed by atoms with Crippen molar-refractivity contribution < 1.29 is 9.59 Å². The fraction of sp³-hybridized carbons (Fsp3) is 0.550. The van der Waals surface area contributed by atoms with Crippen LogP contribution in [-0.2, 0) is 4.79 Å². The number of nitrogens with zero attached hydrogens (tertiary/aromatic N) is 2. The molecule has 0 aliphatic heterocycles. The van der Waals surface area contributed by atoms with Crippen molar-refractivity contribution >= 4 is 22.7 Å². The normalized spacial score (nSPS) is 23.6. The molecule has 0 spiro atoms. The predicted octanol–water partition coefficient (Wildman–Crippen LogP) is 3.71. The van der Waals surface area contributed by atoms with Gasteiger partial charge in [0.25, 0.3) is 0 Å². The second-order valence-corrected chi connectivity index (χ2v) is 7.45. The van der Waals surface area contributed by atoms with E-state index in [0.717, 1.165) is 29.3 Å². The van der Waals surface area contributed by atoms with Gasteiger partial charge in [0.15, 0.2) is 0 Å². The van der Waals surface area contributed by atoms with Gasteiger partial charge in [-0.05, 0) is 37.3 Å². The standard InChI is InChI=1S/C20H27N3O2/c1-13-7-8-18-16(11-13)12-21-23(18)20(25)10-9-19(24)22-17-6-4-5-14(2)15(17)3/h7-8,11-12,14-15,17H,4-6,9-10H2,1-3H3,(H,22,24)/t14-,15-,17-/m1/s1. The van der Waals surface area contributed by atoms with Crippen molar-refractivity contribution in [2.24, 2.45) is 11.8 Å². The highest BCUT2D eigenvalue weighted by Crippen LogP contribution is 2.29. The Morgan fingerprint density at radius 2 is 2.04 bits per heavy atom. The summed E-state index contributed by atoms with van der Waals surface area (Å²) in [5.74, 6) is 0.956. The first-order chi connectivity index (χ1) is 12.0. The molecule has 5 nitrogen and oxygen atoms in total. The van der Waals surface area contributed by atoms with Crippen molar-refractivity contribution in [1.29, 1.82) is 0 Å². The molecule has 25 heavy (non-hydrogen) atoms. The number of carbonyl (C=O) groups excluding carboxylic acids is 2. The van der Waals surface area contributed by atoms with Gasteiger partial charge in [0.1, 0.15) is 0 Å². The average Bonchev–Trinajstić information content (AvgIpc) is 3.00. The number of fused-ring (bicyclic) bond motifs is 1. The van der Waals surface area contributed by atoms with Gasteiger partial charge >= 0.3 is 0 Å². The number of aromatic nitrogens is 2. The summed E-state index contributed by atoms with van der Waals surface area (Å²) in [4.78, 5) is 24.7. The molecule has 1 aliphatic carbocycles. The molecule has 0 bridgehead atoms. The molecule has 1 N–H and O–H groups in total. The molecule has 1 aromatic carbocycles. The second-order valence-electron chi connectivity index (χ2n) is 7.45. The first-order valence-corrected chi connectivity index (χ1v) is 9.22. The van der Waals surface area contributed by atoms with Gasteiger partial charge in [0, 0.05) is 24.3 Å². The van der Waals surface area contributed by atoms with E-state index in [4.69, 9.17) is 0 Å². The first-order valence-electron chi connectivity index (χ1n) is 9.22. The van der Waals surface area contributed by atoms with E-state index in [-0.39, 0.29) is 30.7 Å². The summed E-state index contributed by atoms with van der Waals surface area (Å²) in [5.41, 5.74) is 1.93. The van der Waals surface area contributed by atoms with Crippen LogP contribution in [0.5, 0.6) is 0 Å². The number of benzene rings is 1.